The van der Waals surface area contributed by atoms with Crippen LogP contribution in [-0.4, -0.2) is 63.4 Å². The summed E-state index contributed by atoms with van der Waals surface area (Å²) < 4.78 is 7.14. The molecule has 8 nitrogen and oxygen atoms in total. The van der Waals surface area contributed by atoms with Crippen LogP contribution in [0.5, 0.6) is 0 Å². The van der Waals surface area contributed by atoms with Crippen LogP contribution in [0.4, 0.5) is 0 Å². The summed E-state index contributed by atoms with van der Waals surface area (Å²) in [5.74, 6) is 0.675. The molecular weight excluding hydrogens is 344 g/mol. The Morgan fingerprint density at radius 2 is 1.93 bits per heavy atom. The third-order valence-electron chi connectivity index (χ3n) is 5.34. The number of carbonyl (C=O) groups is 1. The number of hydrogen-bond acceptors (Lipinski definition) is 6. The largest absolute Gasteiger partial charge is 0.379 e. The van der Waals surface area contributed by atoms with Crippen molar-refractivity contribution in [2.24, 2.45) is 0 Å². The lowest BCUT2D eigenvalue weighted by atomic mass is 10.0. The minimum absolute atomic E-state index is 0.0239. The average Bonchev–Trinajstić information content (AvgIpc) is 3.36. The van der Waals surface area contributed by atoms with Crippen LogP contribution in [0.15, 0.2) is 30.3 Å². The Balaban J connectivity index is 1.55. The Morgan fingerprint density at radius 3 is 2.67 bits per heavy atom. The van der Waals surface area contributed by atoms with Gasteiger partial charge in [-0.2, -0.15) is 0 Å². The van der Waals surface area contributed by atoms with Crippen LogP contribution >= 0.6 is 0 Å². The Hall–Kier alpha value is -2.32. The fourth-order valence-corrected chi connectivity index (χ4v) is 3.99. The summed E-state index contributed by atoms with van der Waals surface area (Å²) in [6, 6.07) is 10.4. The zero-order chi connectivity index (χ0) is 18.5. The highest BCUT2D eigenvalue weighted by atomic mass is 16.5. The summed E-state index contributed by atoms with van der Waals surface area (Å²) >= 11 is 0. The van der Waals surface area contributed by atoms with Crippen molar-refractivity contribution in [3.63, 3.8) is 0 Å². The van der Waals surface area contributed by atoms with Crippen molar-refractivity contribution in [3.8, 4) is 0 Å². The predicted octanol–water partition coefficient (Wildman–Crippen LogP) is 1.15. The highest BCUT2D eigenvalue weighted by molar-refractivity contribution is 5.76. The number of ether oxygens (including phenoxy) is 1. The van der Waals surface area contributed by atoms with Crippen molar-refractivity contribution in [1.29, 1.82) is 0 Å². The van der Waals surface area contributed by atoms with E-state index in [1.54, 1.807) is 4.68 Å². The van der Waals surface area contributed by atoms with Gasteiger partial charge in [0.15, 0.2) is 5.82 Å². The lowest BCUT2D eigenvalue weighted by Crippen LogP contribution is -2.41. The molecule has 2 heterocycles. The molecule has 1 atom stereocenters. The number of nitrogens with one attached hydrogen (secondary N) is 1. The maximum absolute atomic E-state index is 12.5. The molecule has 27 heavy (non-hydrogen) atoms. The second-order valence-corrected chi connectivity index (χ2v) is 7.21. The van der Waals surface area contributed by atoms with Crippen molar-refractivity contribution >= 4 is 5.91 Å². The molecule has 0 radical (unpaired) electrons. The summed E-state index contributed by atoms with van der Waals surface area (Å²) in [5, 5.41) is 15.4. The van der Waals surface area contributed by atoms with Gasteiger partial charge in [-0.25, -0.2) is 4.68 Å². The number of morpholine rings is 1. The van der Waals surface area contributed by atoms with E-state index in [1.165, 1.54) is 12.8 Å². The number of hydrogen-bond donors (Lipinski definition) is 1. The van der Waals surface area contributed by atoms with E-state index in [0.717, 1.165) is 31.5 Å². The third kappa shape index (κ3) is 4.33. The van der Waals surface area contributed by atoms with Gasteiger partial charge in [0.25, 0.3) is 0 Å². The molecule has 8 heteroatoms. The molecule has 2 fully saturated rings. The first kappa shape index (κ1) is 18.1. The quantitative estimate of drug-likeness (QED) is 0.821. The number of rotatable bonds is 6. The van der Waals surface area contributed by atoms with Gasteiger partial charge in [-0.3, -0.25) is 9.69 Å². The number of carbonyl (C=O) groups excluding carboxylic acids is 1. The maximum Gasteiger partial charge on any atom is 0.242 e. The SMILES string of the molecule is O=C(Cn1nnnc1[C@H](c1ccccc1)N1CCOCC1)NC1CCCC1. The van der Waals surface area contributed by atoms with E-state index in [0.29, 0.717) is 25.1 Å². The van der Waals surface area contributed by atoms with Gasteiger partial charge in [-0.15, -0.1) is 5.10 Å². The van der Waals surface area contributed by atoms with Crippen molar-refractivity contribution in [3.05, 3.63) is 41.7 Å². The summed E-state index contributed by atoms with van der Waals surface area (Å²) in [4.78, 5) is 14.8. The molecule has 0 unspecified atom stereocenters. The van der Waals surface area contributed by atoms with Gasteiger partial charge in [0, 0.05) is 19.1 Å². The predicted molar refractivity (Wildman–Crippen MR) is 98.9 cm³/mol. The molecule has 1 aromatic carbocycles. The van der Waals surface area contributed by atoms with E-state index < -0.39 is 0 Å². The van der Waals surface area contributed by atoms with E-state index >= 15 is 0 Å². The highest BCUT2D eigenvalue weighted by Gasteiger charge is 2.29. The zero-order valence-corrected chi connectivity index (χ0v) is 15.5. The van der Waals surface area contributed by atoms with Crippen LogP contribution in [0.25, 0.3) is 0 Å². The van der Waals surface area contributed by atoms with Gasteiger partial charge in [0.1, 0.15) is 6.54 Å². The van der Waals surface area contributed by atoms with Gasteiger partial charge < -0.3 is 10.1 Å². The molecule has 144 valence electrons. The topological polar surface area (TPSA) is 85.2 Å². The first-order valence-electron chi connectivity index (χ1n) is 9.73. The molecule has 1 aromatic heterocycles. The highest BCUT2D eigenvalue weighted by Crippen LogP contribution is 2.27. The molecule has 0 bridgehead atoms. The average molecular weight is 370 g/mol. The normalized spacial score (nSPS) is 19.9. The van der Waals surface area contributed by atoms with Crippen molar-refractivity contribution in [1.82, 2.24) is 30.4 Å². The molecule has 1 amide bonds. The smallest absolute Gasteiger partial charge is 0.242 e. The van der Waals surface area contributed by atoms with E-state index in [1.807, 2.05) is 18.2 Å². The van der Waals surface area contributed by atoms with Crippen LogP contribution < -0.4 is 5.32 Å². The molecule has 1 saturated carbocycles. The lowest BCUT2D eigenvalue weighted by molar-refractivity contribution is -0.122. The van der Waals surface area contributed by atoms with Gasteiger partial charge >= 0.3 is 0 Å². The molecule has 4 rings (SSSR count). The van der Waals surface area contributed by atoms with Crippen molar-refractivity contribution in [2.45, 2.75) is 44.3 Å². The number of nitrogens with zero attached hydrogens (tertiary/aromatic N) is 5. The van der Waals surface area contributed by atoms with Gasteiger partial charge in [0.05, 0.1) is 19.3 Å². The Bertz CT molecular complexity index is 738. The number of tetrazole rings is 1. The van der Waals surface area contributed by atoms with Gasteiger partial charge in [0.2, 0.25) is 5.91 Å². The lowest BCUT2D eigenvalue weighted by Gasteiger charge is -2.33. The second kappa shape index (κ2) is 8.58. The molecular formula is C19H26N6O2. The zero-order valence-electron chi connectivity index (χ0n) is 15.5. The molecule has 1 aliphatic carbocycles. The standard InChI is InChI=1S/C19H26N6O2/c26-17(20-16-8-4-5-9-16)14-25-19(21-22-23-25)18(15-6-2-1-3-7-15)24-10-12-27-13-11-24/h1-3,6-7,16,18H,4-5,8-14H2,(H,20,26)/t18-/m0/s1. The molecule has 2 aromatic rings. The molecule has 1 saturated heterocycles. The number of amides is 1. The number of benzene rings is 1. The molecule has 1 aliphatic heterocycles. The van der Waals surface area contributed by atoms with E-state index in [4.69, 9.17) is 4.74 Å². The Kier molecular flexibility index (Phi) is 5.74. The monoisotopic (exact) mass is 370 g/mol. The fourth-order valence-electron chi connectivity index (χ4n) is 3.99. The summed E-state index contributed by atoms with van der Waals surface area (Å²) in [5.41, 5.74) is 1.12. The van der Waals surface area contributed by atoms with E-state index in [9.17, 15) is 4.79 Å². The van der Waals surface area contributed by atoms with E-state index in [2.05, 4.69) is 37.9 Å². The molecule has 2 aliphatic rings. The fraction of sp³-hybridized carbons (Fsp3) is 0.579. The van der Waals surface area contributed by atoms with Crippen molar-refractivity contribution < 1.29 is 9.53 Å². The van der Waals surface area contributed by atoms with Crippen LogP contribution in [0.2, 0.25) is 0 Å². The van der Waals surface area contributed by atoms with Crippen molar-refractivity contribution in [2.75, 3.05) is 26.3 Å². The van der Waals surface area contributed by atoms with E-state index in [-0.39, 0.29) is 18.5 Å². The van der Waals surface area contributed by atoms with Crippen LogP contribution in [-0.2, 0) is 16.1 Å². The number of aromatic nitrogens is 4. The summed E-state index contributed by atoms with van der Waals surface area (Å²) in [6.07, 6.45) is 4.51. The third-order valence-corrected chi connectivity index (χ3v) is 5.34. The summed E-state index contributed by atoms with van der Waals surface area (Å²) in [6.45, 7) is 3.13. The summed E-state index contributed by atoms with van der Waals surface area (Å²) in [7, 11) is 0. The van der Waals surface area contributed by atoms with Crippen LogP contribution in [0.1, 0.15) is 43.1 Å². The minimum Gasteiger partial charge on any atom is -0.379 e. The second-order valence-electron chi connectivity index (χ2n) is 7.21. The minimum atomic E-state index is -0.0932. The maximum atomic E-state index is 12.5. The Morgan fingerprint density at radius 1 is 1.19 bits per heavy atom. The van der Waals surface area contributed by atoms with Gasteiger partial charge in [-0.1, -0.05) is 43.2 Å². The van der Waals surface area contributed by atoms with Gasteiger partial charge in [-0.05, 0) is 28.8 Å². The molecule has 1 N–H and O–H groups in total. The van der Waals surface area contributed by atoms with Crippen LogP contribution in [0.3, 0.4) is 0 Å². The first-order chi connectivity index (χ1) is 13.3. The Labute approximate surface area is 158 Å². The molecule has 0 spiro atoms. The first-order valence-corrected chi connectivity index (χ1v) is 9.73. The van der Waals surface area contributed by atoms with Crippen LogP contribution in [0, 0.1) is 0 Å².